The van der Waals surface area contributed by atoms with Crippen molar-refractivity contribution in [3.63, 3.8) is 0 Å². The first-order valence-electron chi connectivity index (χ1n) is 12.6. The number of nitrogens with one attached hydrogen (secondary N) is 3. The largest absolute Gasteiger partial charge is 0.355 e. The number of allylic oxidation sites excluding steroid dienone is 12. The molecule has 0 fully saturated rings. The molecule has 0 saturated heterocycles. The van der Waals surface area contributed by atoms with Gasteiger partial charge in [0, 0.05) is 45.7 Å². The van der Waals surface area contributed by atoms with Gasteiger partial charge in [0.2, 0.25) is 5.91 Å². The SMILES string of the molecule is CCC=CCC=CCC=CCC=CCC=CCC=CCCC(=O)NCCNCCNCCN. The highest BCUT2D eigenvalue weighted by molar-refractivity contribution is 5.75. The number of rotatable bonds is 22. The molecule has 0 saturated carbocycles. The molecule has 0 unspecified atom stereocenters. The molecule has 0 rings (SSSR count). The molecule has 0 aliphatic heterocycles. The molecule has 0 atom stereocenters. The zero-order valence-corrected chi connectivity index (χ0v) is 20.8. The normalized spacial score (nSPS) is 12.7. The lowest BCUT2D eigenvalue weighted by Gasteiger charge is -2.07. The maximum atomic E-state index is 11.8. The Hall–Kier alpha value is -2.21. The van der Waals surface area contributed by atoms with E-state index in [0.717, 1.165) is 71.1 Å². The van der Waals surface area contributed by atoms with Gasteiger partial charge in [-0.3, -0.25) is 4.79 Å². The highest BCUT2D eigenvalue weighted by Crippen LogP contribution is 1.97. The van der Waals surface area contributed by atoms with Crippen LogP contribution in [0.15, 0.2) is 72.9 Å². The summed E-state index contributed by atoms with van der Waals surface area (Å²) in [7, 11) is 0. The summed E-state index contributed by atoms with van der Waals surface area (Å²) in [4.78, 5) is 11.8. The van der Waals surface area contributed by atoms with Crippen molar-refractivity contribution in [2.45, 2.75) is 58.3 Å². The number of amides is 1. The number of hydrogen-bond acceptors (Lipinski definition) is 4. The van der Waals surface area contributed by atoms with Gasteiger partial charge in [-0.15, -0.1) is 0 Å². The summed E-state index contributed by atoms with van der Waals surface area (Å²) in [5.41, 5.74) is 5.40. The smallest absolute Gasteiger partial charge is 0.220 e. The molecule has 0 bridgehead atoms. The van der Waals surface area contributed by atoms with E-state index < -0.39 is 0 Å². The minimum Gasteiger partial charge on any atom is -0.355 e. The summed E-state index contributed by atoms with van der Waals surface area (Å²) in [5.74, 6) is 0.109. The number of hydrogen-bond donors (Lipinski definition) is 4. The lowest BCUT2D eigenvalue weighted by Crippen LogP contribution is -2.35. The molecule has 0 aromatic carbocycles. The number of carbonyl (C=O) groups excluding carboxylic acids is 1. The van der Waals surface area contributed by atoms with Crippen LogP contribution >= 0.6 is 0 Å². The first-order chi connectivity index (χ1) is 16.3. The Kier molecular flexibility index (Phi) is 26.0. The molecule has 5 N–H and O–H groups in total. The third-order valence-electron chi connectivity index (χ3n) is 4.56. The van der Waals surface area contributed by atoms with Gasteiger partial charge in [-0.2, -0.15) is 0 Å². The molecule has 5 heteroatoms. The van der Waals surface area contributed by atoms with Crippen LogP contribution in [0.25, 0.3) is 0 Å². The van der Waals surface area contributed by atoms with Gasteiger partial charge >= 0.3 is 0 Å². The van der Waals surface area contributed by atoms with Gasteiger partial charge in [-0.05, 0) is 44.9 Å². The van der Waals surface area contributed by atoms with E-state index in [0.29, 0.717) is 19.5 Å². The topological polar surface area (TPSA) is 79.2 Å². The first kappa shape index (κ1) is 30.8. The van der Waals surface area contributed by atoms with Gasteiger partial charge < -0.3 is 21.7 Å². The van der Waals surface area contributed by atoms with E-state index in [2.05, 4.69) is 95.8 Å². The molecular formula is C28H48N4O. The average molecular weight is 457 g/mol. The zero-order chi connectivity index (χ0) is 24.1. The van der Waals surface area contributed by atoms with Crippen molar-refractivity contribution >= 4 is 5.91 Å². The Bertz CT molecular complexity index is 603. The molecule has 0 spiro atoms. The Morgan fingerprint density at radius 1 is 0.606 bits per heavy atom. The monoisotopic (exact) mass is 456 g/mol. The highest BCUT2D eigenvalue weighted by atomic mass is 16.1. The van der Waals surface area contributed by atoms with E-state index in [1.54, 1.807) is 0 Å². The van der Waals surface area contributed by atoms with Gasteiger partial charge in [0.1, 0.15) is 0 Å². The van der Waals surface area contributed by atoms with E-state index in [9.17, 15) is 4.79 Å². The fraction of sp³-hybridized carbons (Fsp3) is 0.536. The van der Waals surface area contributed by atoms with Gasteiger partial charge in [0.05, 0.1) is 0 Å². The Morgan fingerprint density at radius 2 is 1.03 bits per heavy atom. The van der Waals surface area contributed by atoms with Crippen LogP contribution in [0.4, 0.5) is 0 Å². The Balaban J connectivity index is 3.50. The highest BCUT2D eigenvalue weighted by Gasteiger charge is 1.97. The minimum atomic E-state index is 0.109. The van der Waals surface area contributed by atoms with Crippen molar-refractivity contribution in [3.05, 3.63) is 72.9 Å². The molecule has 5 nitrogen and oxygen atoms in total. The maximum Gasteiger partial charge on any atom is 0.220 e. The predicted molar refractivity (Wildman–Crippen MR) is 145 cm³/mol. The lowest BCUT2D eigenvalue weighted by molar-refractivity contribution is -0.120. The maximum absolute atomic E-state index is 11.8. The van der Waals surface area contributed by atoms with Crippen LogP contribution in [0.5, 0.6) is 0 Å². The van der Waals surface area contributed by atoms with Crippen LogP contribution in [0, 0.1) is 0 Å². The zero-order valence-electron chi connectivity index (χ0n) is 20.8. The van der Waals surface area contributed by atoms with Gasteiger partial charge in [-0.1, -0.05) is 79.8 Å². The molecule has 0 aromatic heterocycles. The second-order valence-corrected chi connectivity index (χ2v) is 7.59. The van der Waals surface area contributed by atoms with Crippen molar-refractivity contribution in [1.29, 1.82) is 0 Å². The van der Waals surface area contributed by atoms with Crippen molar-refractivity contribution < 1.29 is 4.79 Å². The van der Waals surface area contributed by atoms with Crippen LogP contribution in [0.1, 0.15) is 58.3 Å². The van der Waals surface area contributed by atoms with Crippen LogP contribution in [0.3, 0.4) is 0 Å². The molecule has 33 heavy (non-hydrogen) atoms. The van der Waals surface area contributed by atoms with Gasteiger partial charge in [-0.25, -0.2) is 0 Å². The summed E-state index contributed by atoms with van der Waals surface area (Å²) in [6.45, 7) is 6.89. The summed E-state index contributed by atoms with van der Waals surface area (Å²) in [6.07, 6.45) is 33.6. The van der Waals surface area contributed by atoms with Crippen molar-refractivity contribution in [3.8, 4) is 0 Å². The Morgan fingerprint density at radius 3 is 1.52 bits per heavy atom. The van der Waals surface area contributed by atoms with Gasteiger partial charge in [0.15, 0.2) is 0 Å². The molecule has 0 aliphatic rings. The van der Waals surface area contributed by atoms with E-state index in [1.807, 2.05) is 0 Å². The molecular weight excluding hydrogens is 408 g/mol. The van der Waals surface area contributed by atoms with E-state index in [1.165, 1.54) is 0 Å². The number of nitrogens with two attached hydrogens (primary N) is 1. The van der Waals surface area contributed by atoms with Crippen LogP contribution in [0.2, 0.25) is 0 Å². The van der Waals surface area contributed by atoms with Crippen molar-refractivity contribution in [1.82, 2.24) is 16.0 Å². The number of carbonyl (C=O) groups is 1. The molecule has 0 heterocycles. The van der Waals surface area contributed by atoms with Crippen LogP contribution in [-0.2, 0) is 4.79 Å². The average Bonchev–Trinajstić information content (AvgIpc) is 2.82. The quantitative estimate of drug-likeness (QED) is 0.140. The predicted octanol–water partition coefficient (Wildman–Crippen LogP) is 4.72. The lowest BCUT2D eigenvalue weighted by atomic mass is 10.2. The molecule has 1 amide bonds. The summed E-state index contributed by atoms with van der Waals surface area (Å²) >= 11 is 0. The van der Waals surface area contributed by atoms with E-state index >= 15 is 0 Å². The standard InChI is InChI=1S/C28H48N4O/c1-2-3-4-5-6-7-8-9-10-11-12-13-14-15-16-17-18-19-20-21-28(33)32-27-26-31-25-24-30-23-22-29/h3-4,6-7,9-10,12-13,15-16,18-19,30-31H,2,5,8,11,14,17,20-27,29H2,1H3,(H,32,33). The van der Waals surface area contributed by atoms with Crippen LogP contribution in [-0.4, -0.2) is 45.2 Å². The minimum absolute atomic E-state index is 0.109. The van der Waals surface area contributed by atoms with E-state index in [-0.39, 0.29) is 5.91 Å². The second-order valence-electron chi connectivity index (χ2n) is 7.59. The summed E-state index contributed by atoms with van der Waals surface area (Å²) in [6, 6.07) is 0. The fourth-order valence-corrected chi connectivity index (χ4v) is 2.76. The van der Waals surface area contributed by atoms with E-state index in [4.69, 9.17) is 5.73 Å². The first-order valence-corrected chi connectivity index (χ1v) is 12.6. The second kappa shape index (κ2) is 27.8. The molecule has 0 aromatic rings. The Labute approximate surface area is 203 Å². The van der Waals surface area contributed by atoms with Crippen LogP contribution < -0.4 is 21.7 Å². The fourth-order valence-electron chi connectivity index (χ4n) is 2.76. The third-order valence-corrected chi connectivity index (χ3v) is 4.56. The van der Waals surface area contributed by atoms with Crippen molar-refractivity contribution in [2.75, 3.05) is 39.3 Å². The molecule has 0 aliphatic carbocycles. The summed E-state index contributed by atoms with van der Waals surface area (Å²) in [5, 5.41) is 9.43. The molecule has 186 valence electrons. The summed E-state index contributed by atoms with van der Waals surface area (Å²) < 4.78 is 0. The molecule has 0 radical (unpaired) electrons. The third kappa shape index (κ3) is 27.8. The van der Waals surface area contributed by atoms with Crippen molar-refractivity contribution in [2.24, 2.45) is 5.73 Å². The van der Waals surface area contributed by atoms with Gasteiger partial charge in [0.25, 0.3) is 0 Å².